The van der Waals surface area contributed by atoms with Gasteiger partial charge in [0.05, 0.1) is 0 Å². The molecule has 0 N–H and O–H groups in total. The number of aryl methyl sites for hydroxylation is 3. The first-order valence-corrected chi connectivity index (χ1v) is 11.0. The molecule has 30 heavy (non-hydrogen) atoms. The van der Waals surface area contributed by atoms with Crippen molar-refractivity contribution in [1.82, 2.24) is 4.90 Å². The standard InChI is InChI=1S/C26H29NO3/c1-18-5-7-20(8-6-18)26(30)21-13-15-27(16-14-21)25(29)12-11-24(28)23-10-9-19-3-2-4-22(19)17-23/h5-10,17,21H,2-4,11-16H2,1H3. The maximum absolute atomic E-state index is 12.7. The monoisotopic (exact) mass is 403 g/mol. The van der Waals surface area contributed by atoms with Gasteiger partial charge < -0.3 is 4.90 Å². The van der Waals surface area contributed by atoms with Gasteiger partial charge in [0.25, 0.3) is 0 Å². The molecule has 2 aliphatic rings. The summed E-state index contributed by atoms with van der Waals surface area (Å²) in [6, 6.07) is 13.7. The van der Waals surface area contributed by atoms with Gasteiger partial charge in [-0.3, -0.25) is 14.4 Å². The number of likely N-dealkylation sites (tertiary alicyclic amines) is 1. The summed E-state index contributed by atoms with van der Waals surface area (Å²) in [6.45, 7) is 3.19. The first-order valence-electron chi connectivity index (χ1n) is 11.0. The molecule has 0 unspecified atom stereocenters. The predicted molar refractivity (Wildman–Crippen MR) is 117 cm³/mol. The van der Waals surface area contributed by atoms with Crippen LogP contribution in [-0.4, -0.2) is 35.5 Å². The minimum Gasteiger partial charge on any atom is -0.343 e. The molecule has 1 aliphatic carbocycles. The molecule has 1 aliphatic heterocycles. The molecule has 4 heteroatoms. The molecular weight excluding hydrogens is 374 g/mol. The number of carbonyl (C=O) groups is 3. The van der Waals surface area contributed by atoms with Crippen molar-refractivity contribution < 1.29 is 14.4 Å². The summed E-state index contributed by atoms with van der Waals surface area (Å²) in [7, 11) is 0. The SMILES string of the molecule is Cc1ccc(C(=O)C2CCN(C(=O)CCC(=O)c3ccc4c(c3)CCC4)CC2)cc1. The summed E-state index contributed by atoms with van der Waals surface area (Å²) in [5.41, 5.74) is 5.26. The molecule has 0 radical (unpaired) electrons. The third-order valence-corrected chi connectivity index (χ3v) is 6.54. The highest BCUT2D eigenvalue weighted by atomic mass is 16.2. The zero-order valence-corrected chi connectivity index (χ0v) is 17.7. The van der Waals surface area contributed by atoms with Gasteiger partial charge in [0.1, 0.15) is 0 Å². The van der Waals surface area contributed by atoms with Gasteiger partial charge in [-0.25, -0.2) is 0 Å². The highest BCUT2D eigenvalue weighted by Crippen LogP contribution is 2.25. The molecule has 0 spiro atoms. The summed E-state index contributed by atoms with van der Waals surface area (Å²) in [5.74, 6) is 0.215. The van der Waals surface area contributed by atoms with Crippen molar-refractivity contribution in [3.8, 4) is 0 Å². The van der Waals surface area contributed by atoms with E-state index in [-0.39, 0.29) is 36.2 Å². The van der Waals surface area contributed by atoms with Crippen LogP contribution in [0.25, 0.3) is 0 Å². The van der Waals surface area contributed by atoms with Gasteiger partial charge in [-0.2, -0.15) is 0 Å². The Bertz CT molecular complexity index is 953. The molecule has 1 fully saturated rings. The van der Waals surface area contributed by atoms with Crippen LogP contribution in [0.4, 0.5) is 0 Å². The lowest BCUT2D eigenvalue weighted by Gasteiger charge is -2.31. The zero-order valence-electron chi connectivity index (χ0n) is 17.7. The molecule has 0 bridgehead atoms. The van der Waals surface area contributed by atoms with Crippen molar-refractivity contribution in [2.24, 2.45) is 5.92 Å². The van der Waals surface area contributed by atoms with Gasteiger partial charge in [-0.1, -0.05) is 42.0 Å². The van der Waals surface area contributed by atoms with Gasteiger partial charge in [-0.15, -0.1) is 0 Å². The smallest absolute Gasteiger partial charge is 0.223 e. The van der Waals surface area contributed by atoms with Crippen molar-refractivity contribution in [3.05, 3.63) is 70.3 Å². The van der Waals surface area contributed by atoms with Crippen molar-refractivity contribution >= 4 is 17.5 Å². The van der Waals surface area contributed by atoms with E-state index < -0.39 is 0 Å². The van der Waals surface area contributed by atoms with Crippen LogP contribution >= 0.6 is 0 Å². The number of piperidine rings is 1. The average Bonchev–Trinajstić information content (AvgIpc) is 3.25. The van der Waals surface area contributed by atoms with Gasteiger partial charge >= 0.3 is 0 Å². The summed E-state index contributed by atoms with van der Waals surface area (Å²) in [5, 5.41) is 0. The highest BCUT2D eigenvalue weighted by molar-refractivity contribution is 5.99. The predicted octanol–water partition coefficient (Wildman–Crippen LogP) is 4.57. The topological polar surface area (TPSA) is 54.5 Å². The molecule has 156 valence electrons. The lowest BCUT2D eigenvalue weighted by molar-refractivity contribution is -0.132. The Morgan fingerprint density at radius 3 is 2.27 bits per heavy atom. The number of fused-ring (bicyclic) bond motifs is 1. The second-order valence-electron chi connectivity index (χ2n) is 8.65. The van der Waals surface area contributed by atoms with E-state index in [1.165, 1.54) is 11.1 Å². The van der Waals surface area contributed by atoms with E-state index in [2.05, 4.69) is 6.07 Å². The van der Waals surface area contributed by atoms with Crippen LogP contribution in [0.3, 0.4) is 0 Å². The largest absolute Gasteiger partial charge is 0.343 e. The lowest BCUT2D eigenvalue weighted by atomic mass is 9.88. The number of carbonyl (C=O) groups excluding carboxylic acids is 3. The molecule has 1 saturated heterocycles. The van der Waals surface area contributed by atoms with Crippen LogP contribution in [0.5, 0.6) is 0 Å². The Morgan fingerprint density at radius 2 is 1.53 bits per heavy atom. The number of amides is 1. The van der Waals surface area contributed by atoms with E-state index in [1.54, 1.807) is 0 Å². The molecule has 0 atom stereocenters. The number of nitrogens with zero attached hydrogens (tertiary/aromatic N) is 1. The number of benzene rings is 2. The molecule has 2 aromatic rings. The Labute approximate surface area is 178 Å². The van der Waals surface area contributed by atoms with E-state index in [9.17, 15) is 14.4 Å². The van der Waals surface area contributed by atoms with Crippen LogP contribution in [0.2, 0.25) is 0 Å². The molecule has 4 rings (SSSR count). The van der Waals surface area contributed by atoms with Crippen molar-refractivity contribution in [3.63, 3.8) is 0 Å². The molecule has 2 aromatic carbocycles. The summed E-state index contributed by atoms with van der Waals surface area (Å²) >= 11 is 0. The molecule has 1 amide bonds. The first-order chi connectivity index (χ1) is 14.5. The Hall–Kier alpha value is -2.75. The van der Waals surface area contributed by atoms with Crippen molar-refractivity contribution in [2.75, 3.05) is 13.1 Å². The van der Waals surface area contributed by atoms with Crippen LogP contribution in [0, 0.1) is 12.8 Å². The summed E-state index contributed by atoms with van der Waals surface area (Å²) in [4.78, 5) is 39.6. The normalized spacial score (nSPS) is 16.4. The Kier molecular flexibility index (Phi) is 6.12. The maximum Gasteiger partial charge on any atom is 0.223 e. The third-order valence-electron chi connectivity index (χ3n) is 6.54. The number of hydrogen-bond donors (Lipinski definition) is 0. The fourth-order valence-electron chi connectivity index (χ4n) is 4.61. The lowest BCUT2D eigenvalue weighted by Crippen LogP contribution is -2.40. The minimum atomic E-state index is -0.0233. The Balaban J connectivity index is 1.25. The van der Waals surface area contributed by atoms with E-state index in [1.807, 2.05) is 48.2 Å². The number of ketones is 2. The summed E-state index contributed by atoms with van der Waals surface area (Å²) < 4.78 is 0. The fraction of sp³-hybridized carbons (Fsp3) is 0.423. The molecule has 0 saturated carbocycles. The second kappa shape index (κ2) is 8.95. The van der Waals surface area contributed by atoms with Crippen LogP contribution in [0.1, 0.15) is 69.5 Å². The van der Waals surface area contributed by atoms with Crippen molar-refractivity contribution in [2.45, 2.75) is 51.9 Å². The van der Waals surface area contributed by atoms with Gasteiger partial charge in [0.15, 0.2) is 11.6 Å². The fourth-order valence-corrected chi connectivity index (χ4v) is 4.61. The van der Waals surface area contributed by atoms with E-state index in [0.717, 1.165) is 36.0 Å². The average molecular weight is 404 g/mol. The number of hydrogen-bond acceptors (Lipinski definition) is 3. The zero-order chi connectivity index (χ0) is 21.1. The first kappa shape index (κ1) is 20.5. The van der Waals surface area contributed by atoms with Crippen LogP contribution in [-0.2, 0) is 17.6 Å². The molecule has 4 nitrogen and oxygen atoms in total. The molecule has 1 heterocycles. The van der Waals surface area contributed by atoms with E-state index >= 15 is 0 Å². The molecular formula is C26H29NO3. The van der Waals surface area contributed by atoms with E-state index in [4.69, 9.17) is 0 Å². The van der Waals surface area contributed by atoms with Gasteiger partial charge in [0.2, 0.25) is 5.91 Å². The number of Topliss-reactive ketones (excluding diaryl/α,β-unsaturated/α-hetero) is 2. The maximum atomic E-state index is 12.7. The van der Waals surface area contributed by atoms with E-state index in [0.29, 0.717) is 25.9 Å². The second-order valence-corrected chi connectivity index (χ2v) is 8.65. The molecule has 0 aromatic heterocycles. The van der Waals surface area contributed by atoms with Gasteiger partial charge in [0, 0.05) is 43.0 Å². The van der Waals surface area contributed by atoms with Crippen LogP contribution in [0.15, 0.2) is 42.5 Å². The minimum absolute atomic E-state index is 0.0192. The highest BCUT2D eigenvalue weighted by Gasteiger charge is 2.28. The summed E-state index contributed by atoms with van der Waals surface area (Å²) in [6.07, 6.45) is 5.19. The number of rotatable bonds is 6. The third kappa shape index (κ3) is 4.53. The quantitative estimate of drug-likeness (QED) is 0.664. The Morgan fingerprint density at radius 1 is 0.867 bits per heavy atom. The van der Waals surface area contributed by atoms with Crippen LogP contribution < -0.4 is 0 Å². The van der Waals surface area contributed by atoms with Crippen molar-refractivity contribution in [1.29, 1.82) is 0 Å². The van der Waals surface area contributed by atoms with Gasteiger partial charge in [-0.05, 0) is 56.2 Å².